The van der Waals surface area contributed by atoms with Crippen molar-refractivity contribution < 1.29 is 4.52 Å². The predicted octanol–water partition coefficient (Wildman–Crippen LogP) is 3.85. The van der Waals surface area contributed by atoms with Crippen molar-refractivity contribution in [3.8, 4) is 0 Å². The molecule has 1 heterocycles. The van der Waals surface area contributed by atoms with Gasteiger partial charge in [0.2, 0.25) is 0 Å². The minimum atomic E-state index is 0.556. The lowest BCUT2D eigenvalue weighted by Gasteiger charge is -2.10. The third-order valence-corrected chi connectivity index (χ3v) is 3.76. The van der Waals surface area contributed by atoms with E-state index in [0.29, 0.717) is 5.92 Å². The maximum atomic E-state index is 5.84. The molecule has 0 unspecified atom stereocenters. The van der Waals surface area contributed by atoms with E-state index in [1.54, 1.807) is 0 Å². The summed E-state index contributed by atoms with van der Waals surface area (Å²) >= 11 is 0. The maximum absolute atomic E-state index is 5.84. The zero-order valence-electron chi connectivity index (χ0n) is 9.98. The smallest absolute Gasteiger partial charge is 0.167 e. The van der Waals surface area contributed by atoms with Gasteiger partial charge in [-0.2, -0.15) is 0 Å². The zero-order chi connectivity index (χ0) is 11.7. The van der Waals surface area contributed by atoms with Crippen LogP contribution in [0.5, 0.6) is 0 Å². The van der Waals surface area contributed by atoms with E-state index in [-0.39, 0.29) is 0 Å². The quantitative estimate of drug-likeness (QED) is 0.598. The summed E-state index contributed by atoms with van der Waals surface area (Å²) in [6, 6.07) is 5.77. The summed E-state index contributed by atoms with van der Waals surface area (Å²) in [6.45, 7) is 0. The van der Waals surface area contributed by atoms with Crippen molar-refractivity contribution in [1.29, 1.82) is 0 Å². The first-order valence-electron chi connectivity index (χ1n) is 6.49. The molecule has 0 bridgehead atoms. The zero-order valence-corrected chi connectivity index (χ0v) is 9.98. The average Bonchev–Trinajstić information content (AvgIpc) is 2.58. The van der Waals surface area contributed by atoms with E-state index >= 15 is 0 Å². The predicted molar refractivity (Wildman–Crippen MR) is 68.9 cm³/mol. The molecule has 1 fully saturated rings. The molecule has 2 aromatic rings. The summed E-state index contributed by atoms with van der Waals surface area (Å²) in [6.07, 6.45) is 7.79. The number of anilines is 1. The van der Waals surface area contributed by atoms with Crippen LogP contribution in [0.15, 0.2) is 22.7 Å². The molecule has 90 valence electrons. The minimum Gasteiger partial charge on any atom is -0.399 e. The van der Waals surface area contributed by atoms with Gasteiger partial charge in [-0.15, -0.1) is 0 Å². The lowest BCUT2D eigenvalue weighted by molar-refractivity contribution is 0.428. The van der Waals surface area contributed by atoms with Gasteiger partial charge in [-0.05, 0) is 31.0 Å². The molecular weight excluding hydrogens is 212 g/mol. The van der Waals surface area contributed by atoms with Crippen LogP contribution in [0.2, 0.25) is 0 Å². The standard InChI is InChI=1S/C14H18N2O/c15-11-7-8-13-12(9-11)14(16-17-13)10-5-3-1-2-4-6-10/h7-10H,1-6,15H2. The average molecular weight is 230 g/mol. The number of aromatic nitrogens is 1. The number of nitrogens with two attached hydrogens (primary N) is 1. The fraction of sp³-hybridized carbons (Fsp3) is 0.500. The molecule has 3 rings (SSSR count). The van der Waals surface area contributed by atoms with Crippen LogP contribution in [0.25, 0.3) is 11.0 Å². The molecule has 1 aliphatic carbocycles. The van der Waals surface area contributed by atoms with Crippen LogP contribution in [0.1, 0.15) is 50.1 Å². The lowest BCUT2D eigenvalue weighted by Crippen LogP contribution is -1.98. The second-order valence-corrected chi connectivity index (χ2v) is 5.01. The van der Waals surface area contributed by atoms with Gasteiger partial charge in [-0.3, -0.25) is 0 Å². The van der Waals surface area contributed by atoms with Crippen molar-refractivity contribution in [3.63, 3.8) is 0 Å². The van der Waals surface area contributed by atoms with E-state index in [0.717, 1.165) is 22.4 Å². The van der Waals surface area contributed by atoms with Crippen molar-refractivity contribution in [2.24, 2.45) is 0 Å². The highest BCUT2D eigenvalue weighted by Crippen LogP contribution is 2.35. The Kier molecular flexibility index (Phi) is 2.75. The third-order valence-electron chi connectivity index (χ3n) is 3.76. The van der Waals surface area contributed by atoms with Crippen molar-refractivity contribution in [3.05, 3.63) is 23.9 Å². The Morgan fingerprint density at radius 2 is 1.88 bits per heavy atom. The van der Waals surface area contributed by atoms with E-state index in [1.807, 2.05) is 18.2 Å². The molecular formula is C14H18N2O. The van der Waals surface area contributed by atoms with Gasteiger partial charge in [0.25, 0.3) is 0 Å². The van der Waals surface area contributed by atoms with Gasteiger partial charge < -0.3 is 10.3 Å². The molecule has 0 spiro atoms. The van der Waals surface area contributed by atoms with E-state index in [4.69, 9.17) is 10.3 Å². The summed E-state index contributed by atoms with van der Waals surface area (Å²) in [4.78, 5) is 0. The van der Waals surface area contributed by atoms with Crippen LogP contribution >= 0.6 is 0 Å². The topological polar surface area (TPSA) is 52.0 Å². The van der Waals surface area contributed by atoms with Gasteiger partial charge in [0, 0.05) is 17.0 Å². The SMILES string of the molecule is Nc1ccc2onc(C3CCCCCC3)c2c1. The molecule has 1 saturated carbocycles. The van der Waals surface area contributed by atoms with Crippen LogP contribution in [0.3, 0.4) is 0 Å². The second-order valence-electron chi connectivity index (χ2n) is 5.01. The first kappa shape index (κ1) is 10.6. The molecule has 1 aromatic heterocycles. The minimum absolute atomic E-state index is 0.556. The molecule has 0 atom stereocenters. The molecule has 0 radical (unpaired) electrons. The monoisotopic (exact) mass is 230 g/mol. The van der Waals surface area contributed by atoms with Crippen LogP contribution in [-0.4, -0.2) is 5.16 Å². The summed E-state index contributed by atoms with van der Waals surface area (Å²) in [5.41, 5.74) is 8.61. The van der Waals surface area contributed by atoms with Gasteiger partial charge >= 0.3 is 0 Å². The normalized spacial score (nSPS) is 18.4. The molecule has 1 aromatic carbocycles. The molecule has 0 aliphatic heterocycles. The third kappa shape index (κ3) is 2.02. The number of nitrogens with zero attached hydrogens (tertiary/aromatic N) is 1. The van der Waals surface area contributed by atoms with Gasteiger partial charge in [0.05, 0.1) is 5.69 Å². The van der Waals surface area contributed by atoms with E-state index < -0.39 is 0 Å². The van der Waals surface area contributed by atoms with Crippen molar-refractivity contribution in [1.82, 2.24) is 5.16 Å². The first-order chi connectivity index (χ1) is 8.34. The Morgan fingerprint density at radius 3 is 2.65 bits per heavy atom. The molecule has 0 amide bonds. The summed E-state index contributed by atoms with van der Waals surface area (Å²) in [5.74, 6) is 0.556. The fourth-order valence-corrected chi connectivity index (χ4v) is 2.82. The number of rotatable bonds is 1. The van der Waals surface area contributed by atoms with Crippen molar-refractivity contribution in [2.75, 3.05) is 5.73 Å². The Hall–Kier alpha value is -1.51. The Labute approximate surface area is 101 Å². The van der Waals surface area contributed by atoms with Crippen molar-refractivity contribution >= 4 is 16.7 Å². The largest absolute Gasteiger partial charge is 0.399 e. The van der Waals surface area contributed by atoms with Crippen molar-refractivity contribution in [2.45, 2.75) is 44.4 Å². The van der Waals surface area contributed by atoms with E-state index in [2.05, 4.69) is 5.16 Å². The Balaban J connectivity index is 2.00. The summed E-state index contributed by atoms with van der Waals surface area (Å²) in [5, 5.41) is 5.38. The van der Waals surface area contributed by atoms with Crippen LogP contribution in [0.4, 0.5) is 5.69 Å². The van der Waals surface area contributed by atoms with Crippen LogP contribution in [0, 0.1) is 0 Å². The van der Waals surface area contributed by atoms with Crippen LogP contribution < -0.4 is 5.73 Å². The Morgan fingerprint density at radius 1 is 1.12 bits per heavy atom. The van der Waals surface area contributed by atoms with E-state index in [9.17, 15) is 0 Å². The molecule has 3 nitrogen and oxygen atoms in total. The fourth-order valence-electron chi connectivity index (χ4n) is 2.82. The van der Waals surface area contributed by atoms with Gasteiger partial charge in [-0.1, -0.05) is 30.8 Å². The Bertz CT molecular complexity index is 510. The summed E-state index contributed by atoms with van der Waals surface area (Å²) < 4.78 is 5.39. The van der Waals surface area contributed by atoms with Gasteiger partial charge in [-0.25, -0.2) is 0 Å². The highest BCUT2D eigenvalue weighted by Gasteiger charge is 2.20. The first-order valence-corrected chi connectivity index (χ1v) is 6.49. The second kappa shape index (κ2) is 4.40. The van der Waals surface area contributed by atoms with Crippen LogP contribution in [-0.2, 0) is 0 Å². The molecule has 2 N–H and O–H groups in total. The van der Waals surface area contributed by atoms with E-state index in [1.165, 1.54) is 38.5 Å². The van der Waals surface area contributed by atoms with Gasteiger partial charge in [0.1, 0.15) is 0 Å². The number of fused-ring (bicyclic) bond motifs is 1. The molecule has 0 saturated heterocycles. The molecule has 17 heavy (non-hydrogen) atoms. The summed E-state index contributed by atoms with van der Waals surface area (Å²) in [7, 11) is 0. The lowest BCUT2D eigenvalue weighted by atomic mass is 9.94. The molecule has 3 heteroatoms. The number of hydrogen-bond acceptors (Lipinski definition) is 3. The number of benzene rings is 1. The number of hydrogen-bond donors (Lipinski definition) is 1. The highest BCUT2D eigenvalue weighted by atomic mass is 16.5. The molecule has 1 aliphatic rings. The maximum Gasteiger partial charge on any atom is 0.167 e. The highest BCUT2D eigenvalue weighted by molar-refractivity contribution is 5.83. The van der Waals surface area contributed by atoms with Gasteiger partial charge in [0.15, 0.2) is 5.58 Å². The number of nitrogen functional groups attached to an aromatic ring is 1.